The minimum atomic E-state index is -0.157. The van der Waals surface area contributed by atoms with Crippen LogP contribution in [0.1, 0.15) is 30.0 Å². The first kappa shape index (κ1) is 9.43. The quantitative estimate of drug-likeness (QED) is 0.842. The fourth-order valence-corrected chi connectivity index (χ4v) is 2.04. The van der Waals surface area contributed by atoms with Crippen LogP contribution in [0.25, 0.3) is 0 Å². The van der Waals surface area contributed by atoms with Gasteiger partial charge < -0.3 is 10.2 Å². The molecule has 0 saturated heterocycles. The molecule has 0 aliphatic carbocycles. The molecule has 14 heavy (non-hydrogen) atoms. The van der Waals surface area contributed by atoms with E-state index in [4.69, 9.17) is 10.2 Å². The highest BCUT2D eigenvalue weighted by Gasteiger charge is 2.15. The van der Waals surface area contributed by atoms with Crippen LogP contribution in [-0.4, -0.2) is 4.98 Å². The highest BCUT2D eigenvalue weighted by atomic mass is 32.1. The Morgan fingerprint density at radius 2 is 2.50 bits per heavy atom. The Labute approximate surface area is 86.6 Å². The zero-order valence-electron chi connectivity index (χ0n) is 7.93. The summed E-state index contributed by atoms with van der Waals surface area (Å²) in [4.78, 5) is 4.20. The van der Waals surface area contributed by atoms with E-state index in [1.165, 1.54) is 0 Å². The van der Waals surface area contributed by atoms with E-state index in [1.54, 1.807) is 23.1 Å². The van der Waals surface area contributed by atoms with Crippen molar-refractivity contribution >= 4 is 11.3 Å². The number of hydrogen-bond donors (Lipinski definition) is 1. The van der Waals surface area contributed by atoms with E-state index in [9.17, 15) is 0 Å². The highest BCUT2D eigenvalue weighted by molar-refractivity contribution is 7.07. The Morgan fingerprint density at radius 3 is 3.14 bits per heavy atom. The normalized spacial score (nSPS) is 13.0. The van der Waals surface area contributed by atoms with Crippen LogP contribution in [0.4, 0.5) is 0 Å². The largest absolute Gasteiger partial charge is 0.469 e. The first-order valence-electron chi connectivity index (χ1n) is 4.53. The molecule has 2 rings (SSSR count). The van der Waals surface area contributed by atoms with Crippen LogP contribution in [0.5, 0.6) is 0 Å². The first-order valence-corrected chi connectivity index (χ1v) is 5.47. The SMILES string of the molecule is CCc1occc1C(N)c1cscn1. The van der Waals surface area contributed by atoms with Gasteiger partial charge in [-0.2, -0.15) is 0 Å². The third-order valence-corrected chi connectivity index (χ3v) is 2.81. The van der Waals surface area contributed by atoms with Crippen LogP contribution in [0, 0.1) is 0 Å². The first-order chi connectivity index (χ1) is 6.83. The lowest BCUT2D eigenvalue weighted by Crippen LogP contribution is -2.12. The van der Waals surface area contributed by atoms with Crippen molar-refractivity contribution in [3.63, 3.8) is 0 Å². The summed E-state index contributed by atoms with van der Waals surface area (Å²) < 4.78 is 5.33. The molecule has 2 aromatic heterocycles. The van der Waals surface area contributed by atoms with E-state index in [1.807, 2.05) is 11.4 Å². The molecule has 0 amide bonds. The van der Waals surface area contributed by atoms with Crippen LogP contribution in [-0.2, 0) is 6.42 Å². The van der Waals surface area contributed by atoms with Crippen molar-refractivity contribution in [2.45, 2.75) is 19.4 Å². The molecule has 0 aliphatic heterocycles. The molecule has 0 radical (unpaired) electrons. The number of furan rings is 1. The number of thiazole rings is 1. The van der Waals surface area contributed by atoms with E-state index in [0.717, 1.165) is 23.4 Å². The van der Waals surface area contributed by atoms with Gasteiger partial charge in [0, 0.05) is 17.4 Å². The summed E-state index contributed by atoms with van der Waals surface area (Å²) in [6.45, 7) is 2.05. The number of hydrogen-bond acceptors (Lipinski definition) is 4. The van der Waals surface area contributed by atoms with Crippen molar-refractivity contribution in [2.75, 3.05) is 0 Å². The summed E-state index contributed by atoms with van der Waals surface area (Å²) >= 11 is 1.56. The van der Waals surface area contributed by atoms with Crippen molar-refractivity contribution in [3.05, 3.63) is 40.2 Å². The van der Waals surface area contributed by atoms with Gasteiger partial charge in [-0.15, -0.1) is 11.3 Å². The topological polar surface area (TPSA) is 52.0 Å². The number of nitrogens with two attached hydrogens (primary N) is 1. The molecule has 0 bridgehead atoms. The molecule has 0 spiro atoms. The van der Waals surface area contributed by atoms with Crippen molar-refractivity contribution in [3.8, 4) is 0 Å². The highest BCUT2D eigenvalue weighted by Crippen LogP contribution is 2.23. The van der Waals surface area contributed by atoms with E-state index in [2.05, 4.69) is 11.9 Å². The van der Waals surface area contributed by atoms with Crippen molar-refractivity contribution < 1.29 is 4.42 Å². The van der Waals surface area contributed by atoms with Gasteiger partial charge in [-0.25, -0.2) is 4.98 Å². The summed E-state index contributed by atoms with van der Waals surface area (Å²) in [6, 6.07) is 1.76. The third-order valence-electron chi connectivity index (χ3n) is 2.21. The summed E-state index contributed by atoms with van der Waals surface area (Å²) in [5, 5.41) is 1.97. The van der Waals surface area contributed by atoms with Crippen LogP contribution in [0.2, 0.25) is 0 Å². The molecule has 0 aliphatic rings. The lowest BCUT2D eigenvalue weighted by molar-refractivity contribution is 0.508. The second-order valence-electron chi connectivity index (χ2n) is 3.04. The molecule has 0 fully saturated rings. The van der Waals surface area contributed by atoms with Crippen molar-refractivity contribution in [2.24, 2.45) is 5.73 Å². The Bertz CT molecular complexity index is 394. The number of aryl methyl sites for hydroxylation is 1. The van der Waals surface area contributed by atoms with Gasteiger partial charge in [-0.05, 0) is 6.07 Å². The van der Waals surface area contributed by atoms with E-state index >= 15 is 0 Å². The van der Waals surface area contributed by atoms with Crippen LogP contribution in [0.3, 0.4) is 0 Å². The molecule has 2 aromatic rings. The average Bonchev–Trinajstić information content (AvgIpc) is 2.87. The molecule has 0 aromatic carbocycles. The third kappa shape index (κ3) is 1.58. The van der Waals surface area contributed by atoms with Gasteiger partial charge in [-0.1, -0.05) is 6.92 Å². The Morgan fingerprint density at radius 1 is 1.64 bits per heavy atom. The fraction of sp³-hybridized carbons (Fsp3) is 0.300. The minimum absolute atomic E-state index is 0.157. The lowest BCUT2D eigenvalue weighted by atomic mass is 10.1. The van der Waals surface area contributed by atoms with Crippen LogP contribution < -0.4 is 5.73 Å². The molecule has 74 valence electrons. The minimum Gasteiger partial charge on any atom is -0.469 e. The average molecular weight is 208 g/mol. The maximum atomic E-state index is 6.07. The fourth-order valence-electron chi connectivity index (χ4n) is 1.45. The van der Waals surface area contributed by atoms with E-state index < -0.39 is 0 Å². The van der Waals surface area contributed by atoms with Gasteiger partial charge >= 0.3 is 0 Å². The van der Waals surface area contributed by atoms with Crippen LogP contribution >= 0.6 is 11.3 Å². The second kappa shape index (κ2) is 3.94. The van der Waals surface area contributed by atoms with Gasteiger partial charge in [0.15, 0.2) is 0 Å². The molecule has 0 saturated carbocycles. The molecule has 4 heteroatoms. The van der Waals surface area contributed by atoms with Gasteiger partial charge in [0.05, 0.1) is 23.5 Å². The monoisotopic (exact) mass is 208 g/mol. The van der Waals surface area contributed by atoms with E-state index in [0.29, 0.717) is 0 Å². The van der Waals surface area contributed by atoms with Gasteiger partial charge in [0.1, 0.15) is 5.76 Å². The summed E-state index contributed by atoms with van der Waals surface area (Å²) in [5.41, 5.74) is 9.81. The smallest absolute Gasteiger partial charge is 0.108 e. The standard InChI is InChI=1S/C10H12N2OS/c1-2-9-7(3-4-13-9)10(11)8-5-14-6-12-8/h3-6,10H,2,11H2,1H3. The Balaban J connectivity index is 2.31. The number of nitrogens with zero attached hydrogens (tertiary/aromatic N) is 1. The van der Waals surface area contributed by atoms with Crippen molar-refractivity contribution in [1.29, 1.82) is 0 Å². The molecule has 1 atom stereocenters. The van der Waals surface area contributed by atoms with E-state index in [-0.39, 0.29) is 6.04 Å². The van der Waals surface area contributed by atoms with Crippen molar-refractivity contribution in [1.82, 2.24) is 4.98 Å². The maximum absolute atomic E-state index is 6.07. The van der Waals surface area contributed by atoms with Gasteiger partial charge in [0.2, 0.25) is 0 Å². The molecule has 1 unspecified atom stereocenters. The molecule has 2 heterocycles. The lowest BCUT2D eigenvalue weighted by Gasteiger charge is -2.07. The summed E-state index contributed by atoms with van der Waals surface area (Å²) in [7, 11) is 0. The van der Waals surface area contributed by atoms with Gasteiger partial charge in [0.25, 0.3) is 0 Å². The molecule has 3 nitrogen and oxygen atoms in total. The summed E-state index contributed by atoms with van der Waals surface area (Å²) in [6.07, 6.45) is 2.54. The molecular weight excluding hydrogens is 196 g/mol. The maximum Gasteiger partial charge on any atom is 0.108 e. The Hall–Kier alpha value is -1.13. The number of aromatic nitrogens is 1. The predicted octanol–water partition coefficient (Wildman–Crippen LogP) is 2.35. The summed E-state index contributed by atoms with van der Waals surface area (Å²) in [5.74, 6) is 0.950. The van der Waals surface area contributed by atoms with Gasteiger partial charge in [-0.3, -0.25) is 0 Å². The Kier molecular flexibility index (Phi) is 2.65. The van der Waals surface area contributed by atoms with Crippen LogP contribution in [0.15, 0.2) is 27.6 Å². The number of rotatable bonds is 3. The zero-order valence-corrected chi connectivity index (χ0v) is 8.75. The second-order valence-corrected chi connectivity index (χ2v) is 3.76. The predicted molar refractivity (Wildman–Crippen MR) is 56.2 cm³/mol. The molecule has 2 N–H and O–H groups in total. The zero-order chi connectivity index (χ0) is 9.97. The molecular formula is C10H12N2OS.